The zero-order valence-corrected chi connectivity index (χ0v) is 12.1. The van der Waals surface area contributed by atoms with Gasteiger partial charge in [0, 0.05) is 32.0 Å². The molecule has 19 heavy (non-hydrogen) atoms. The highest BCUT2D eigenvalue weighted by Crippen LogP contribution is 2.15. The summed E-state index contributed by atoms with van der Waals surface area (Å²) in [6.45, 7) is 3.77. The Labute approximate surface area is 118 Å². The number of aliphatic hydroxyl groups is 1. The third-order valence-electron chi connectivity index (χ3n) is 2.42. The van der Waals surface area contributed by atoms with Gasteiger partial charge in [-0.3, -0.25) is 4.79 Å². The smallest absolute Gasteiger partial charge is 0.254 e. The monoisotopic (exact) mass is 281 g/mol. The first-order valence-corrected chi connectivity index (χ1v) is 7.08. The Hall–Kier alpha value is -1.35. The average molecular weight is 281 g/mol. The third-order valence-corrected chi connectivity index (χ3v) is 3.26. The summed E-state index contributed by atoms with van der Waals surface area (Å²) in [5.74, 6) is 5.74. The second-order valence-electron chi connectivity index (χ2n) is 3.90. The number of likely N-dealkylation sites (N-methyl/N-ethyl adjacent to an activating group) is 1. The lowest BCUT2D eigenvalue weighted by molar-refractivity contribution is 0.0710. The van der Waals surface area contributed by atoms with Crippen molar-refractivity contribution in [2.24, 2.45) is 0 Å². The second kappa shape index (κ2) is 8.70. The van der Waals surface area contributed by atoms with E-state index in [1.807, 2.05) is 12.3 Å². The molecule has 1 amide bonds. The molecule has 1 aromatic rings. The average Bonchev–Trinajstić information content (AvgIpc) is 2.87. The normalized spacial score (nSPS) is 9.84. The van der Waals surface area contributed by atoms with Gasteiger partial charge in [0.25, 0.3) is 5.91 Å². The van der Waals surface area contributed by atoms with Gasteiger partial charge < -0.3 is 14.7 Å². The number of hydrogen-bond donors (Lipinski definition) is 1. The van der Waals surface area contributed by atoms with Gasteiger partial charge in [-0.15, -0.1) is 11.3 Å². The highest BCUT2D eigenvalue weighted by Gasteiger charge is 2.12. The lowest BCUT2D eigenvalue weighted by atomic mass is 10.2. The lowest BCUT2D eigenvalue weighted by Gasteiger charge is -2.15. The maximum Gasteiger partial charge on any atom is 0.254 e. The molecule has 0 aromatic carbocycles. The van der Waals surface area contributed by atoms with Crippen LogP contribution in [0.3, 0.4) is 0 Å². The Balaban J connectivity index is 2.55. The van der Waals surface area contributed by atoms with Crippen molar-refractivity contribution in [3.63, 3.8) is 0 Å². The van der Waals surface area contributed by atoms with Crippen LogP contribution in [0, 0.1) is 11.8 Å². The molecule has 0 atom stereocenters. The van der Waals surface area contributed by atoms with E-state index in [2.05, 4.69) is 11.8 Å². The first kappa shape index (κ1) is 15.7. The minimum Gasteiger partial charge on any atom is -0.395 e. The summed E-state index contributed by atoms with van der Waals surface area (Å²) >= 11 is 1.44. The van der Waals surface area contributed by atoms with E-state index in [0.29, 0.717) is 31.7 Å². The number of thiophene rings is 1. The van der Waals surface area contributed by atoms with E-state index in [-0.39, 0.29) is 12.5 Å². The second-order valence-corrected chi connectivity index (χ2v) is 4.81. The van der Waals surface area contributed by atoms with Gasteiger partial charge in [0.2, 0.25) is 0 Å². The lowest BCUT2D eigenvalue weighted by Crippen LogP contribution is -2.29. The fourth-order valence-electron chi connectivity index (χ4n) is 1.39. The van der Waals surface area contributed by atoms with Crippen molar-refractivity contribution >= 4 is 17.2 Å². The molecule has 4 nitrogen and oxygen atoms in total. The Bertz CT molecular complexity index is 459. The van der Waals surface area contributed by atoms with Gasteiger partial charge in [-0.2, -0.15) is 0 Å². The Kier molecular flexibility index (Phi) is 7.19. The topological polar surface area (TPSA) is 49.8 Å². The van der Waals surface area contributed by atoms with Gasteiger partial charge in [0.15, 0.2) is 0 Å². The molecular weight excluding hydrogens is 262 g/mol. The molecule has 0 radical (unpaired) electrons. The molecule has 0 saturated heterocycles. The summed E-state index contributed by atoms with van der Waals surface area (Å²) in [6, 6.07) is 1.79. The number of aliphatic hydroxyl groups excluding tert-OH is 1. The molecule has 1 heterocycles. The van der Waals surface area contributed by atoms with Crippen molar-refractivity contribution in [3.8, 4) is 11.8 Å². The van der Waals surface area contributed by atoms with Crippen LogP contribution in [0.1, 0.15) is 28.6 Å². The van der Waals surface area contributed by atoms with E-state index in [9.17, 15) is 4.79 Å². The number of nitrogens with zero attached hydrogens (tertiary/aromatic N) is 1. The molecule has 0 bridgehead atoms. The van der Waals surface area contributed by atoms with Crippen LogP contribution in [-0.4, -0.2) is 49.3 Å². The maximum atomic E-state index is 12.1. The Morgan fingerprint density at radius 2 is 2.37 bits per heavy atom. The fraction of sp³-hybridized carbons (Fsp3) is 0.500. The molecule has 0 aliphatic heterocycles. The first-order chi connectivity index (χ1) is 9.19. The van der Waals surface area contributed by atoms with Crippen LogP contribution in [0.15, 0.2) is 11.4 Å². The van der Waals surface area contributed by atoms with Gasteiger partial charge in [-0.1, -0.05) is 11.8 Å². The van der Waals surface area contributed by atoms with Crippen molar-refractivity contribution in [1.82, 2.24) is 4.90 Å². The maximum absolute atomic E-state index is 12.1. The number of amides is 1. The molecule has 0 spiro atoms. The van der Waals surface area contributed by atoms with Gasteiger partial charge in [0.1, 0.15) is 0 Å². The number of ether oxygens (including phenoxy) is 1. The zero-order chi connectivity index (χ0) is 14.1. The predicted molar refractivity (Wildman–Crippen MR) is 76.4 cm³/mol. The van der Waals surface area contributed by atoms with Crippen LogP contribution < -0.4 is 0 Å². The van der Waals surface area contributed by atoms with Crippen LogP contribution >= 0.6 is 11.3 Å². The highest BCUT2D eigenvalue weighted by atomic mass is 32.1. The predicted octanol–water partition coefficient (Wildman–Crippen LogP) is 1.59. The van der Waals surface area contributed by atoms with Crippen molar-refractivity contribution in [1.29, 1.82) is 0 Å². The zero-order valence-electron chi connectivity index (χ0n) is 11.3. The van der Waals surface area contributed by atoms with Crippen LogP contribution in [-0.2, 0) is 4.74 Å². The third kappa shape index (κ3) is 5.43. The summed E-state index contributed by atoms with van der Waals surface area (Å²) < 4.78 is 5.22. The molecule has 0 fully saturated rings. The van der Waals surface area contributed by atoms with Crippen LogP contribution in [0.25, 0.3) is 0 Å². The van der Waals surface area contributed by atoms with Crippen molar-refractivity contribution in [2.45, 2.75) is 13.3 Å². The number of carbonyl (C=O) groups is 1. The van der Waals surface area contributed by atoms with Crippen molar-refractivity contribution in [2.75, 3.05) is 33.4 Å². The summed E-state index contributed by atoms with van der Waals surface area (Å²) in [5.41, 5.74) is 0.650. The van der Waals surface area contributed by atoms with Crippen LogP contribution in [0.5, 0.6) is 0 Å². The van der Waals surface area contributed by atoms with Gasteiger partial charge in [-0.05, 0) is 13.0 Å². The minimum atomic E-state index is -0.0221. The summed E-state index contributed by atoms with van der Waals surface area (Å²) in [5, 5.41) is 10.4. The van der Waals surface area contributed by atoms with Crippen LogP contribution in [0.4, 0.5) is 0 Å². The largest absolute Gasteiger partial charge is 0.395 e. The molecule has 1 aromatic heterocycles. The molecule has 104 valence electrons. The first-order valence-electron chi connectivity index (χ1n) is 6.20. The molecular formula is C14H19NO3S. The van der Waals surface area contributed by atoms with Crippen LogP contribution in [0.2, 0.25) is 0 Å². The summed E-state index contributed by atoms with van der Waals surface area (Å²) in [4.78, 5) is 14.6. The highest BCUT2D eigenvalue weighted by molar-refractivity contribution is 7.10. The number of hydrogen-bond acceptors (Lipinski definition) is 4. The molecule has 1 N–H and O–H groups in total. The minimum absolute atomic E-state index is 0.0221. The Morgan fingerprint density at radius 1 is 1.58 bits per heavy atom. The number of carbonyl (C=O) groups excluding carboxylic acids is 1. The van der Waals surface area contributed by atoms with E-state index < -0.39 is 0 Å². The standard InChI is InChI=1S/C14H19NO3S/c1-3-18-9-7-15(2)14(17)12-10-13(19-11-12)6-4-5-8-16/h10-11,16H,3,5,7-9H2,1-2H3. The SMILES string of the molecule is CCOCCN(C)C(=O)c1csc(C#CCCO)c1. The molecule has 0 aliphatic rings. The van der Waals surface area contributed by atoms with E-state index in [1.54, 1.807) is 18.0 Å². The van der Waals surface area contributed by atoms with Crippen molar-refractivity contribution < 1.29 is 14.6 Å². The van der Waals surface area contributed by atoms with Gasteiger partial charge in [0.05, 0.1) is 23.7 Å². The van der Waals surface area contributed by atoms with E-state index >= 15 is 0 Å². The summed E-state index contributed by atoms with van der Waals surface area (Å²) in [6.07, 6.45) is 0.454. The molecule has 1 rings (SSSR count). The van der Waals surface area contributed by atoms with E-state index in [1.165, 1.54) is 11.3 Å². The van der Waals surface area contributed by atoms with Gasteiger partial charge >= 0.3 is 0 Å². The number of rotatable bonds is 6. The summed E-state index contributed by atoms with van der Waals surface area (Å²) in [7, 11) is 1.76. The molecule has 0 aliphatic carbocycles. The fourth-order valence-corrected chi connectivity index (χ4v) is 2.14. The molecule has 0 saturated carbocycles. The quantitative estimate of drug-likeness (QED) is 0.636. The van der Waals surface area contributed by atoms with Crippen molar-refractivity contribution in [3.05, 3.63) is 21.9 Å². The van der Waals surface area contributed by atoms with E-state index in [4.69, 9.17) is 9.84 Å². The molecule has 5 heteroatoms. The van der Waals surface area contributed by atoms with Gasteiger partial charge in [-0.25, -0.2) is 0 Å². The molecule has 0 unspecified atom stereocenters. The van der Waals surface area contributed by atoms with E-state index in [0.717, 1.165) is 4.88 Å². The Morgan fingerprint density at radius 3 is 3.05 bits per heavy atom.